The van der Waals surface area contributed by atoms with E-state index in [0.717, 1.165) is 17.0 Å². The van der Waals surface area contributed by atoms with Gasteiger partial charge in [0.1, 0.15) is 0 Å². The SMILES string of the molecule is COC(C)(C)CCOC1CCCC1I. The second kappa shape index (κ2) is 5.66. The van der Waals surface area contributed by atoms with Gasteiger partial charge in [-0.3, -0.25) is 0 Å². The van der Waals surface area contributed by atoms with Gasteiger partial charge in [0.05, 0.1) is 11.7 Å². The van der Waals surface area contributed by atoms with Crippen molar-refractivity contribution in [2.24, 2.45) is 0 Å². The third-order valence-corrected chi connectivity index (χ3v) is 4.39. The van der Waals surface area contributed by atoms with Crippen LogP contribution in [0.4, 0.5) is 0 Å². The molecule has 1 aliphatic rings. The molecule has 0 N–H and O–H groups in total. The van der Waals surface area contributed by atoms with Crippen molar-refractivity contribution in [1.82, 2.24) is 0 Å². The van der Waals surface area contributed by atoms with Crippen molar-refractivity contribution >= 4 is 22.6 Å². The van der Waals surface area contributed by atoms with Crippen LogP contribution in [0, 0.1) is 0 Å². The topological polar surface area (TPSA) is 18.5 Å². The number of halogens is 1. The Hall–Kier alpha value is 0.650. The zero-order chi connectivity index (χ0) is 10.6. The third kappa shape index (κ3) is 4.03. The van der Waals surface area contributed by atoms with Crippen molar-refractivity contribution in [1.29, 1.82) is 0 Å². The van der Waals surface area contributed by atoms with Gasteiger partial charge in [-0.2, -0.15) is 0 Å². The second-order valence-corrected chi connectivity index (χ2v) is 6.17. The summed E-state index contributed by atoms with van der Waals surface area (Å²) in [6.07, 6.45) is 5.35. The zero-order valence-corrected chi connectivity index (χ0v) is 11.5. The quantitative estimate of drug-likeness (QED) is 0.573. The number of alkyl halides is 1. The highest BCUT2D eigenvalue weighted by Crippen LogP contribution is 2.29. The van der Waals surface area contributed by atoms with Gasteiger partial charge < -0.3 is 9.47 Å². The molecule has 84 valence electrons. The summed E-state index contributed by atoms with van der Waals surface area (Å²) in [6.45, 7) is 5.03. The summed E-state index contributed by atoms with van der Waals surface area (Å²) in [5.41, 5.74) is -0.0423. The van der Waals surface area contributed by atoms with Crippen molar-refractivity contribution in [3.8, 4) is 0 Å². The highest BCUT2D eigenvalue weighted by atomic mass is 127. The van der Waals surface area contributed by atoms with Crippen molar-refractivity contribution < 1.29 is 9.47 Å². The average molecular weight is 312 g/mol. The number of hydrogen-bond donors (Lipinski definition) is 0. The van der Waals surface area contributed by atoms with E-state index in [1.807, 2.05) is 0 Å². The van der Waals surface area contributed by atoms with Crippen LogP contribution in [0.3, 0.4) is 0 Å². The Morgan fingerprint density at radius 1 is 1.36 bits per heavy atom. The van der Waals surface area contributed by atoms with Crippen LogP contribution < -0.4 is 0 Å². The first-order valence-electron chi connectivity index (χ1n) is 5.36. The fourth-order valence-electron chi connectivity index (χ4n) is 1.63. The Bertz CT molecular complexity index is 171. The molecular formula is C11H21IO2. The monoisotopic (exact) mass is 312 g/mol. The Balaban J connectivity index is 2.15. The van der Waals surface area contributed by atoms with Gasteiger partial charge in [-0.25, -0.2) is 0 Å². The van der Waals surface area contributed by atoms with E-state index in [2.05, 4.69) is 36.4 Å². The van der Waals surface area contributed by atoms with Crippen molar-refractivity contribution in [2.75, 3.05) is 13.7 Å². The molecule has 2 atom stereocenters. The maximum absolute atomic E-state index is 5.87. The first-order valence-corrected chi connectivity index (χ1v) is 6.60. The molecule has 0 radical (unpaired) electrons. The van der Waals surface area contributed by atoms with Gasteiger partial charge in [-0.1, -0.05) is 22.6 Å². The van der Waals surface area contributed by atoms with Crippen molar-refractivity contribution in [3.63, 3.8) is 0 Å². The van der Waals surface area contributed by atoms with E-state index in [0.29, 0.717) is 6.10 Å². The highest BCUT2D eigenvalue weighted by molar-refractivity contribution is 14.1. The molecule has 0 amide bonds. The van der Waals surface area contributed by atoms with Gasteiger partial charge in [0.2, 0.25) is 0 Å². The smallest absolute Gasteiger partial charge is 0.0692 e. The molecular weight excluding hydrogens is 291 g/mol. The fraction of sp³-hybridized carbons (Fsp3) is 1.00. The van der Waals surface area contributed by atoms with Crippen LogP contribution in [0.25, 0.3) is 0 Å². The highest BCUT2D eigenvalue weighted by Gasteiger charge is 2.26. The van der Waals surface area contributed by atoms with Gasteiger partial charge >= 0.3 is 0 Å². The van der Waals surface area contributed by atoms with Crippen molar-refractivity contribution in [2.45, 2.75) is 55.2 Å². The van der Waals surface area contributed by atoms with Crippen LogP contribution >= 0.6 is 22.6 Å². The molecule has 0 heterocycles. The molecule has 1 fully saturated rings. The first-order chi connectivity index (χ1) is 6.55. The molecule has 0 aromatic carbocycles. The van der Waals surface area contributed by atoms with E-state index < -0.39 is 0 Å². The number of ether oxygens (including phenoxy) is 2. The molecule has 0 bridgehead atoms. The predicted molar refractivity (Wildman–Crippen MR) is 67.1 cm³/mol. The molecule has 2 nitrogen and oxygen atoms in total. The molecule has 1 saturated carbocycles. The second-order valence-electron chi connectivity index (χ2n) is 4.57. The minimum atomic E-state index is -0.0423. The minimum absolute atomic E-state index is 0.0423. The van der Waals surface area contributed by atoms with Gasteiger partial charge in [0.15, 0.2) is 0 Å². The summed E-state index contributed by atoms with van der Waals surface area (Å²) in [5, 5.41) is 0. The van der Waals surface area contributed by atoms with Crippen LogP contribution in [0.2, 0.25) is 0 Å². The molecule has 1 aliphatic carbocycles. The third-order valence-electron chi connectivity index (χ3n) is 2.96. The van der Waals surface area contributed by atoms with Crippen LogP contribution in [0.1, 0.15) is 39.5 Å². The molecule has 3 heteroatoms. The Kier molecular flexibility index (Phi) is 5.14. The summed E-state index contributed by atoms with van der Waals surface area (Å²) in [5.74, 6) is 0. The first kappa shape index (κ1) is 12.7. The van der Waals surface area contributed by atoms with E-state index >= 15 is 0 Å². The van der Waals surface area contributed by atoms with E-state index in [4.69, 9.17) is 9.47 Å². The Morgan fingerprint density at radius 3 is 2.57 bits per heavy atom. The van der Waals surface area contributed by atoms with Crippen LogP contribution in [0.15, 0.2) is 0 Å². The van der Waals surface area contributed by atoms with Gasteiger partial charge in [-0.15, -0.1) is 0 Å². The number of methoxy groups -OCH3 is 1. The fourth-order valence-corrected chi connectivity index (χ4v) is 2.63. The summed E-state index contributed by atoms with van der Waals surface area (Å²) in [4.78, 5) is 0. The normalized spacial score (nSPS) is 28.3. The van der Waals surface area contributed by atoms with Crippen LogP contribution in [0.5, 0.6) is 0 Å². The van der Waals surface area contributed by atoms with Gasteiger partial charge in [0.25, 0.3) is 0 Å². The van der Waals surface area contributed by atoms with E-state index in [9.17, 15) is 0 Å². The number of hydrogen-bond acceptors (Lipinski definition) is 2. The summed E-state index contributed by atoms with van der Waals surface area (Å²) in [6, 6.07) is 0. The lowest BCUT2D eigenvalue weighted by Gasteiger charge is -2.24. The zero-order valence-electron chi connectivity index (χ0n) is 9.38. The van der Waals surface area contributed by atoms with E-state index in [1.165, 1.54) is 19.3 Å². The van der Waals surface area contributed by atoms with Gasteiger partial charge in [0, 0.05) is 17.6 Å². The largest absolute Gasteiger partial charge is 0.379 e. The van der Waals surface area contributed by atoms with Crippen LogP contribution in [-0.4, -0.2) is 29.3 Å². The molecule has 14 heavy (non-hydrogen) atoms. The Morgan fingerprint density at radius 2 is 2.07 bits per heavy atom. The molecule has 1 rings (SSSR count). The van der Waals surface area contributed by atoms with E-state index in [1.54, 1.807) is 7.11 Å². The summed E-state index contributed by atoms with van der Waals surface area (Å²) < 4.78 is 11.9. The molecule has 2 unspecified atom stereocenters. The summed E-state index contributed by atoms with van der Waals surface area (Å²) >= 11 is 2.51. The molecule has 0 aromatic rings. The summed E-state index contributed by atoms with van der Waals surface area (Å²) in [7, 11) is 1.76. The van der Waals surface area contributed by atoms with Crippen LogP contribution in [-0.2, 0) is 9.47 Å². The van der Waals surface area contributed by atoms with Crippen molar-refractivity contribution in [3.05, 3.63) is 0 Å². The van der Waals surface area contributed by atoms with Gasteiger partial charge in [-0.05, 0) is 39.5 Å². The van der Waals surface area contributed by atoms with E-state index in [-0.39, 0.29) is 5.60 Å². The molecule has 0 spiro atoms. The maximum atomic E-state index is 5.87. The molecule has 0 aliphatic heterocycles. The average Bonchev–Trinajstić information content (AvgIpc) is 2.52. The molecule has 0 saturated heterocycles. The predicted octanol–water partition coefficient (Wildman–Crippen LogP) is 3.17. The lowest BCUT2D eigenvalue weighted by atomic mass is 10.1. The lowest BCUT2D eigenvalue weighted by molar-refractivity contribution is -0.0236. The Labute approximate surface area is 101 Å². The lowest BCUT2D eigenvalue weighted by Crippen LogP contribution is -2.27. The maximum Gasteiger partial charge on any atom is 0.0692 e. The number of rotatable bonds is 5. The standard InChI is InChI=1S/C11H21IO2/c1-11(2,13-3)7-8-14-10-6-4-5-9(10)12/h9-10H,4-8H2,1-3H3. The minimum Gasteiger partial charge on any atom is -0.379 e. The molecule has 0 aromatic heterocycles.